The number of fused-ring (bicyclic) bond motifs is 1. The summed E-state index contributed by atoms with van der Waals surface area (Å²) in [5.41, 5.74) is 1.22. The molecule has 0 aliphatic heterocycles. The van der Waals surface area contributed by atoms with Gasteiger partial charge in [0.1, 0.15) is 5.52 Å². The van der Waals surface area contributed by atoms with Gasteiger partial charge in [0, 0.05) is 0 Å². The first-order valence-corrected chi connectivity index (χ1v) is 6.97. The van der Waals surface area contributed by atoms with Crippen LogP contribution in [0.1, 0.15) is 49.4 Å². The third-order valence-electron chi connectivity index (χ3n) is 3.09. The Morgan fingerprint density at radius 1 is 1.30 bits per heavy atom. The summed E-state index contributed by atoms with van der Waals surface area (Å²) in [4.78, 5) is 15.0. The van der Waals surface area contributed by atoms with Crippen LogP contribution in [0.25, 0.3) is 11.1 Å². The number of nitrogens with zero attached hydrogens (tertiary/aromatic N) is 1. The Hall–Kier alpha value is -2.04. The third-order valence-corrected chi connectivity index (χ3v) is 3.09. The molecule has 20 heavy (non-hydrogen) atoms. The van der Waals surface area contributed by atoms with Crippen molar-refractivity contribution in [2.24, 2.45) is 0 Å². The van der Waals surface area contributed by atoms with Gasteiger partial charge in [-0.15, -0.1) is 0 Å². The van der Waals surface area contributed by atoms with Crippen molar-refractivity contribution in [2.75, 3.05) is 6.61 Å². The number of benzene rings is 1. The maximum atomic E-state index is 10.9. The summed E-state index contributed by atoms with van der Waals surface area (Å²) >= 11 is 0. The Morgan fingerprint density at radius 3 is 2.85 bits per heavy atom. The van der Waals surface area contributed by atoms with Crippen LogP contribution in [0.15, 0.2) is 22.6 Å². The van der Waals surface area contributed by atoms with E-state index in [1.54, 1.807) is 6.07 Å². The van der Waals surface area contributed by atoms with Crippen LogP contribution in [0.5, 0.6) is 6.08 Å². The van der Waals surface area contributed by atoms with E-state index in [9.17, 15) is 4.79 Å². The van der Waals surface area contributed by atoms with Gasteiger partial charge >= 0.3 is 12.0 Å². The molecule has 0 radical (unpaired) electrons. The van der Waals surface area contributed by atoms with Crippen LogP contribution >= 0.6 is 0 Å². The lowest BCUT2D eigenvalue weighted by molar-refractivity contribution is 0.0697. The van der Waals surface area contributed by atoms with E-state index in [1.807, 2.05) is 0 Å². The summed E-state index contributed by atoms with van der Waals surface area (Å²) in [6.45, 7) is 2.75. The number of carboxylic acid groups (broad SMARTS) is 1. The average molecular weight is 277 g/mol. The second-order valence-electron chi connectivity index (χ2n) is 4.73. The average Bonchev–Trinajstić information content (AvgIpc) is 2.84. The second kappa shape index (κ2) is 6.93. The Balaban J connectivity index is 1.89. The van der Waals surface area contributed by atoms with E-state index >= 15 is 0 Å². The Labute approximate surface area is 117 Å². The largest absolute Gasteiger partial charge is 0.478 e. The summed E-state index contributed by atoms with van der Waals surface area (Å²) in [7, 11) is 0. The molecule has 5 nitrogen and oxygen atoms in total. The molecule has 0 aliphatic rings. The molecule has 2 rings (SSSR count). The van der Waals surface area contributed by atoms with E-state index in [-0.39, 0.29) is 11.6 Å². The fourth-order valence-electron chi connectivity index (χ4n) is 1.96. The molecule has 0 saturated heterocycles. The molecule has 0 amide bonds. The lowest BCUT2D eigenvalue weighted by Crippen LogP contribution is -1.97. The van der Waals surface area contributed by atoms with E-state index in [2.05, 4.69) is 11.9 Å². The number of hydrogen-bond acceptors (Lipinski definition) is 4. The summed E-state index contributed by atoms with van der Waals surface area (Å²) in [6.07, 6.45) is 6.00. The smallest absolute Gasteiger partial charge is 0.394 e. The molecule has 1 aromatic carbocycles. The molecule has 0 saturated carbocycles. The number of carbonyl (C=O) groups is 1. The van der Waals surface area contributed by atoms with Gasteiger partial charge in [0.25, 0.3) is 0 Å². The number of aromatic nitrogens is 1. The van der Waals surface area contributed by atoms with Gasteiger partial charge in [-0.05, 0) is 24.6 Å². The highest BCUT2D eigenvalue weighted by atomic mass is 16.6. The molecule has 0 unspecified atom stereocenters. The fourth-order valence-corrected chi connectivity index (χ4v) is 1.96. The van der Waals surface area contributed by atoms with Crippen LogP contribution in [-0.4, -0.2) is 22.7 Å². The Morgan fingerprint density at radius 2 is 2.10 bits per heavy atom. The predicted molar refractivity (Wildman–Crippen MR) is 75.2 cm³/mol. The van der Waals surface area contributed by atoms with Crippen LogP contribution in [-0.2, 0) is 0 Å². The SMILES string of the molecule is CCCCCCCOc1nc2ccc(C(=O)O)cc2o1. The van der Waals surface area contributed by atoms with E-state index in [0.717, 1.165) is 12.8 Å². The molecule has 1 heterocycles. The van der Waals surface area contributed by atoms with Crippen molar-refractivity contribution in [1.29, 1.82) is 0 Å². The van der Waals surface area contributed by atoms with Crippen LogP contribution in [0.2, 0.25) is 0 Å². The first-order chi connectivity index (χ1) is 9.70. The minimum Gasteiger partial charge on any atom is -0.478 e. The third kappa shape index (κ3) is 3.73. The van der Waals surface area contributed by atoms with Gasteiger partial charge in [-0.3, -0.25) is 0 Å². The van der Waals surface area contributed by atoms with Gasteiger partial charge in [-0.2, -0.15) is 4.98 Å². The lowest BCUT2D eigenvalue weighted by Gasteiger charge is -2.00. The van der Waals surface area contributed by atoms with Crippen molar-refractivity contribution in [3.63, 3.8) is 0 Å². The summed E-state index contributed by atoms with van der Waals surface area (Å²) in [5, 5.41) is 8.90. The molecule has 0 fully saturated rings. The van der Waals surface area contributed by atoms with Crippen LogP contribution in [0, 0.1) is 0 Å². The molecule has 5 heteroatoms. The van der Waals surface area contributed by atoms with Gasteiger partial charge in [0.05, 0.1) is 12.2 Å². The number of rotatable bonds is 8. The molecule has 0 aliphatic carbocycles. The molecule has 0 bridgehead atoms. The van der Waals surface area contributed by atoms with E-state index in [4.69, 9.17) is 14.3 Å². The van der Waals surface area contributed by atoms with Crippen molar-refractivity contribution in [2.45, 2.75) is 39.0 Å². The van der Waals surface area contributed by atoms with E-state index in [1.165, 1.54) is 31.4 Å². The van der Waals surface area contributed by atoms with Gasteiger partial charge in [0.2, 0.25) is 0 Å². The monoisotopic (exact) mass is 277 g/mol. The maximum Gasteiger partial charge on any atom is 0.394 e. The van der Waals surface area contributed by atoms with E-state index in [0.29, 0.717) is 17.7 Å². The van der Waals surface area contributed by atoms with Crippen molar-refractivity contribution >= 4 is 17.1 Å². The summed E-state index contributed by atoms with van der Waals surface area (Å²) in [6, 6.07) is 4.58. The van der Waals surface area contributed by atoms with Crippen LogP contribution in [0.4, 0.5) is 0 Å². The van der Waals surface area contributed by atoms with Crippen LogP contribution in [0.3, 0.4) is 0 Å². The molecular formula is C15H19NO4. The normalized spacial score (nSPS) is 10.8. The quantitative estimate of drug-likeness (QED) is 0.741. The topological polar surface area (TPSA) is 72.6 Å². The fraction of sp³-hybridized carbons (Fsp3) is 0.467. The van der Waals surface area contributed by atoms with Crippen molar-refractivity contribution < 1.29 is 19.1 Å². The minimum absolute atomic E-state index is 0.180. The number of hydrogen-bond donors (Lipinski definition) is 1. The first kappa shape index (κ1) is 14.4. The standard InChI is InChI=1S/C15H19NO4/c1-2-3-4-5-6-9-19-15-16-12-8-7-11(14(17)18)10-13(12)20-15/h7-8,10H,2-6,9H2,1H3,(H,17,18). The number of oxazole rings is 1. The molecule has 108 valence electrons. The predicted octanol–water partition coefficient (Wildman–Crippen LogP) is 3.88. The highest BCUT2D eigenvalue weighted by Crippen LogP contribution is 2.22. The number of carboxylic acids is 1. The second-order valence-corrected chi connectivity index (χ2v) is 4.73. The highest BCUT2D eigenvalue weighted by molar-refractivity contribution is 5.91. The molecule has 1 N–H and O–H groups in total. The molecule has 0 atom stereocenters. The molecule has 2 aromatic rings. The van der Waals surface area contributed by atoms with Gasteiger partial charge in [-0.1, -0.05) is 32.6 Å². The maximum absolute atomic E-state index is 10.9. The number of ether oxygens (including phenoxy) is 1. The summed E-state index contributed by atoms with van der Waals surface area (Å²) < 4.78 is 10.8. The van der Waals surface area contributed by atoms with E-state index < -0.39 is 5.97 Å². The Bertz CT molecular complexity index is 576. The Kier molecular flexibility index (Phi) is 4.98. The molecule has 1 aromatic heterocycles. The zero-order chi connectivity index (χ0) is 14.4. The van der Waals surface area contributed by atoms with Gasteiger partial charge in [-0.25, -0.2) is 4.79 Å². The highest BCUT2D eigenvalue weighted by Gasteiger charge is 2.10. The zero-order valence-electron chi connectivity index (χ0n) is 11.6. The van der Waals surface area contributed by atoms with Gasteiger partial charge in [0.15, 0.2) is 5.58 Å². The first-order valence-electron chi connectivity index (χ1n) is 6.97. The van der Waals surface area contributed by atoms with Crippen molar-refractivity contribution in [1.82, 2.24) is 4.98 Å². The number of unbranched alkanes of at least 4 members (excludes halogenated alkanes) is 4. The van der Waals surface area contributed by atoms with Gasteiger partial charge < -0.3 is 14.3 Å². The number of aromatic carboxylic acids is 1. The zero-order valence-corrected chi connectivity index (χ0v) is 11.6. The minimum atomic E-state index is -0.985. The van der Waals surface area contributed by atoms with Crippen molar-refractivity contribution in [3.8, 4) is 6.08 Å². The van der Waals surface area contributed by atoms with Crippen molar-refractivity contribution in [3.05, 3.63) is 23.8 Å². The molecular weight excluding hydrogens is 258 g/mol. The lowest BCUT2D eigenvalue weighted by atomic mass is 10.2. The van der Waals surface area contributed by atoms with Crippen LogP contribution < -0.4 is 4.74 Å². The summed E-state index contributed by atoms with van der Waals surface area (Å²) in [5.74, 6) is -0.985. The molecule has 0 spiro atoms.